The summed E-state index contributed by atoms with van der Waals surface area (Å²) in [6, 6.07) is 5.59. The van der Waals surface area contributed by atoms with Crippen LogP contribution in [-0.4, -0.2) is 23.0 Å². The van der Waals surface area contributed by atoms with E-state index < -0.39 is 11.5 Å². The monoisotopic (exact) mass is 301 g/mol. The third-order valence-corrected chi connectivity index (χ3v) is 3.72. The molecule has 1 amide bonds. The number of hydrogen-bond donors (Lipinski definition) is 1. The third kappa shape index (κ3) is 2.99. The molecule has 0 atom stereocenters. The summed E-state index contributed by atoms with van der Waals surface area (Å²) >= 11 is 5.05. The van der Waals surface area contributed by atoms with Gasteiger partial charge in [0, 0.05) is 19.7 Å². The number of amides is 1. The van der Waals surface area contributed by atoms with Crippen LogP contribution < -0.4 is 5.32 Å². The standard InChI is InChI=1S/C15H15N3O2S/c1-15(2,20-3)12-5-4-9(8-17-12)10-6-13(21)18-14(19)11(10)7-16/h4-5,8H,6H2,1-3H3,(H,18,19,21). The normalized spacial score (nSPS) is 15.7. The van der Waals surface area contributed by atoms with Crippen LogP contribution in [0.4, 0.5) is 0 Å². The third-order valence-electron chi connectivity index (χ3n) is 3.47. The van der Waals surface area contributed by atoms with E-state index >= 15 is 0 Å². The van der Waals surface area contributed by atoms with Crippen LogP contribution in [0.15, 0.2) is 23.9 Å². The van der Waals surface area contributed by atoms with Gasteiger partial charge in [-0.25, -0.2) is 0 Å². The Kier molecular flexibility index (Phi) is 4.16. The first-order valence-electron chi connectivity index (χ1n) is 6.38. The van der Waals surface area contributed by atoms with E-state index in [2.05, 4.69) is 10.3 Å². The zero-order valence-corrected chi connectivity index (χ0v) is 12.9. The Hall–Kier alpha value is -2.10. The highest BCUT2D eigenvalue weighted by Crippen LogP contribution is 2.28. The maximum atomic E-state index is 11.8. The molecule has 108 valence electrons. The molecule has 0 radical (unpaired) electrons. The molecule has 0 saturated carbocycles. The molecule has 0 aromatic carbocycles. The van der Waals surface area contributed by atoms with Crippen molar-refractivity contribution in [2.45, 2.75) is 25.9 Å². The minimum atomic E-state index is -0.496. The topological polar surface area (TPSA) is 75.0 Å². The fraction of sp³-hybridized carbons (Fsp3) is 0.333. The molecule has 1 aromatic rings. The van der Waals surface area contributed by atoms with Crippen LogP contribution in [-0.2, 0) is 15.1 Å². The van der Waals surface area contributed by atoms with Crippen molar-refractivity contribution in [1.82, 2.24) is 10.3 Å². The second-order valence-electron chi connectivity index (χ2n) is 5.17. The molecule has 0 unspecified atom stereocenters. The van der Waals surface area contributed by atoms with Gasteiger partial charge in [0.2, 0.25) is 0 Å². The average Bonchev–Trinajstić information content (AvgIpc) is 2.46. The summed E-state index contributed by atoms with van der Waals surface area (Å²) in [5.41, 5.74) is 1.70. The van der Waals surface area contributed by atoms with Gasteiger partial charge in [0.05, 0.1) is 10.7 Å². The highest BCUT2D eigenvalue weighted by atomic mass is 32.1. The molecule has 1 aliphatic rings. The molecule has 1 aliphatic heterocycles. The maximum absolute atomic E-state index is 11.8. The SMILES string of the molecule is COC(C)(C)c1ccc(C2=C(C#N)C(=O)NC(=S)C2)cn1. The van der Waals surface area contributed by atoms with Crippen molar-refractivity contribution in [2.75, 3.05) is 7.11 Å². The van der Waals surface area contributed by atoms with Gasteiger partial charge in [-0.2, -0.15) is 5.26 Å². The molecule has 6 heteroatoms. The van der Waals surface area contributed by atoms with Crippen molar-refractivity contribution >= 4 is 28.7 Å². The fourth-order valence-electron chi connectivity index (χ4n) is 2.02. The van der Waals surface area contributed by atoms with E-state index in [1.165, 1.54) is 0 Å². The van der Waals surface area contributed by atoms with E-state index in [-0.39, 0.29) is 5.57 Å². The molecule has 0 bridgehead atoms. The Morgan fingerprint density at radius 2 is 2.19 bits per heavy atom. The van der Waals surface area contributed by atoms with E-state index in [0.717, 1.165) is 11.3 Å². The predicted octanol–water partition coefficient (Wildman–Crippen LogP) is 2.09. The van der Waals surface area contributed by atoms with Gasteiger partial charge in [0.1, 0.15) is 17.2 Å². The van der Waals surface area contributed by atoms with E-state index in [1.54, 1.807) is 13.3 Å². The average molecular weight is 301 g/mol. The summed E-state index contributed by atoms with van der Waals surface area (Å²) in [6.07, 6.45) is 2.00. The first kappa shape index (κ1) is 15.3. The molecular formula is C15H15N3O2S. The minimum absolute atomic E-state index is 0.0872. The van der Waals surface area contributed by atoms with Gasteiger partial charge in [-0.3, -0.25) is 9.78 Å². The summed E-state index contributed by atoms with van der Waals surface area (Å²) in [7, 11) is 1.62. The lowest BCUT2D eigenvalue weighted by atomic mass is 9.94. The Morgan fingerprint density at radius 1 is 1.48 bits per heavy atom. The van der Waals surface area contributed by atoms with Gasteiger partial charge in [0.25, 0.3) is 5.91 Å². The molecular weight excluding hydrogens is 286 g/mol. The van der Waals surface area contributed by atoms with Crippen LogP contribution in [0.1, 0.15) is 31.5 Å². The van der Waals surface area contributed by atoms with Crippen molar-refractivity contribution in [1.29, 1.82) is 5.26 Å². The predicted molar refractivity (Wildman–Crippen MR) is 82.2 cm³/mol. The molecule has 21 heavy (non-hydrogen) atoms. The summed E-state index contributed by atoms with van der Waals surface area (Å²) in [5, 5.41) is 11.6. The number of nitrogens with one attached hydrogen (secondary N) is 1. The Bertz CT molecular complexity index is 669. The van der Waals surface area contributed by atoms with Crippen molar-refractivity contribution in [3.05, 3.63) is 35.2 Å². The lowest BCUT2D eigenvalue weighted by molar-refractivity contribution is -0.115. The first-order chi connectivity index (χ1) is 9.89. The van der Waals surface area contributed by atoms with Crippen LogP contribution >= 0.6 is 12.2 Å². The van der Waals surface area contributed by atoms with Crippen LogP contribution in [0.2, 0.25) is 0 Å². The van der Waals surface area contributed by atoms with E-state index in [0.29, 0.717) is 17.0 Å². The minimum Gasteiger partial charge on any atom is -0.373 e. The number of hydrogen-bond acceptors (Lipinski definition) is 5. The van der Waals surface area contributed by atoms with E-state index in [9.17, 15) is 4.79 Å². The lowest BCUT2D eigenvalue weighted by Crippen LogP contribution is -2.34. The summed E-state index contributed by atoms with van der Waals surface area (Å²) in [5.74, 6) is -0.454. The molecule has 2 heterocycles. The molecule has 0 spiro atoms. The molecule has 1 aromatic heterocycles. The Balaban J connectivity index is 2.45. The first-order valence-corrected chi connectivity index (χ1v) is 6.79. The number of thiocarbonyl (C=S) groups is 1. The quantitative estimate of drug-likeness (QED) is 0.865. The van der Waals surface area contributed by atoms with Crippen LogP contribution in [0, 0.1) is 11.3 Å². The summed E-state index contributed by atoms with van der Waals surface area (Å²) in [6.45, 7) is 3.83. The number of carbonyl (C=O) groups is 1. The highest BCUT2D eigenvalue weighted by Gasteiger charge is 2.25. The van der Waals surface area contributed by atoms with Crippen LogP contribution in [0.5, 0.6) is 0 Å². The van der Waals surface area contributed by atoms with E-state index in [4.69, 9.17) is 22.2 Å². The Morgan fingerprint density at radius 3 is 2.71 bits per heavy atom. The fourth-order valence-corrected chi connectivity index (χ4v) is 2.25. The lowest BCUT2D eigenvalue weighted by Gasteiger charge is -2.23. The number of carbonyl (C=O) groups excluding carboxylic acids is 1. The zero-order valence-electron chi connectivity index (χ0n) is 12.1. The number of methoxy groups -OCH3 is 1. The van der Waals surface area contributed by atoms with Crippen molar-refractivity contribution < 1.29 is 9.53 Å². The number of ether oxygens (including phenoxy) is 1. The van der Waals surface area contributed by atoms with Crippen LogP contribution in [0.3, 0.4) is 0 Å². The maximum Gasteiger partial charge on any atom is 0.267 e. The van der Waals surface area contributed by atoms with Gasteiger partial charge >= 0.3 is 0 Å². The molecule has 1 N–H and O–H groups in total. The second-order valence-corrected chi connectivity index (χ2v) is 5.66. The summed E-state index contributed by atoms with van der Waals surface area (Å²) < 4.78 is 5.37. The molecule has 0 aliphatic carbocycles. The number of nitriles is 1. The van der Waals surface area contributed by atoms with Gasteiger partial charge in [0.15, 0.2) is 0 Å². The van der Waals surface area contributed by atoms with Crippen molar-refractivity contribution in [3.8, 4) is 6.07 Å². The largest absolute Gasteiger partial charge is 0.373 e. The molecule has 0 saturated heterocycles. The van der Waals surface area contributed by atoms with Crippen molar-refractivity contribution in [2.24, 2.45) is 0 Å². The van der Waals surface area contributed by atoms with E-state index in [1.807, 2.05) is 32.0 Å². The highest BCUT2D eigenvalue weighted by molar-refractivity contribution is 7.80. The molecule has 0 fully saturated rings. The van der Waals surface area contributed by atoms with Gasteiger partial charge in [-0.15, -0.1) is 0 Å². The smallest absolute Gasteiger partial charge is 0.267 e. The Labute approximate surface area is 128 Å². The van der Waals surface area contributed by atoms with Gasteiger partial charge in [-0.1, -0.05) is 18.3 Å². The van der Waals surface area contributed by atoms with Gasteiger partial charge in [-0.05, 0) is 31.1 Å². The number of aromatic nitrogens is 1. The molecule has 5 nitrogen and oxygen atoms in total. The summed E-state index contributed by atoms with van der Waals surface area (Å²) in [4.78, 5) is 16.6. The van der Waals surface area contributed by atoms with Crippen molar-refractivity contribution in [3.63, 3.8) is 0 Å². The number of pyridine rings is 1. The van der Waals surface area contributed by atoms with Gasteiger partial charge < -0.3 is 10.1 Å². The number of nitrogens with zero attached hydrogens (tertiary/aromatic N) is 2. The van der Waals surface area contributed by atoms with Crippen LogP contribution in [0.25, 0.3) is 5.57 Å². The zero-order chi connectivity index (χ0) is 15.6. The number of rotatable bonds is 3. The molecule has 2 rings (SSSR count). The second kappa shape index (κ2) is 5.72.